The van der Waals surface area contributed by atoms with Gasteiger partial charge in [-0.3, -0.25) is 0 Å². The first-order valence-electron chi connectivity index (χ1n) is 4.36. The fourth-order valence-corrected chi connectivity index (χ4v) is 1.18. The van der Waals surface area contributed by atoms with Crippen LogP contribution < -0.4 is 10.6 Å². The second kappa shape index (κ2) is 5.60. The number of halogens is 3. The summed E-state index contributed by atoms with van der Waals surface area (Å²) < 4.78 is 26.9. The Balaban J connectivity index is 2.99. The molecule has 0 amide bonds. The van der Waals surface area contributed by atoms with Gasteiger partial charge in [-0.1, -0.05) is 12.6 Å². The SMILES string of the molecule is C=C(Br)/N=C(\NC)Nc1c(F)cccc1F. The second-order valence-corrected chi connectivity index (χ2v) is 3.72. The fourth-order valence-electron chi connectivity index (χ4n) is 1.00. The summed E-state index contributed by atoms with van der Waals surface area (Å²) in [7, 11) is 1.57. The van der Waals surface area contributed by atoms with E-state index >= 15 is 0 Å². The number of hydrogen-bond acceptors (Lipinski definition) is 1. The molecule has 0 heterocycles. The van der Waals surface area contributed by atoms with Crippen LogP contribution in [-0.4, -0.2) is 13.0 Å². The molecule has 3 nitrogen and oxygen atoms in total. The van der Waals surface area contributed by atoms with Crippen LogP contribution in [-0.2, 0) is 0 Å². The van der Waals surface area contributed by atoms with E-state index in [1.54, 1.807) is 7.05 Å². The molecular weight excluding hydrogens is 280 g/mol. The maximum absolute atomic E-state index is 13.3. The van der Waals surface area contributed by atoms with Crippen LogP contribution in [0.25, 0.3) is 0 Å². The van der Waals surface area contributed by atoms with E-state index in [9.17, 15) is 8.78 Å². The van der Waals surface area contributed by atoms with Crippen molar-refractivity contribution in [2.75, 3.05) is 12.4 Å². The van der Waals surface area contributed by atoms with Crippen LogP contribution in [0, 0.1) is 11.6 Å². The third kappa shape index (κ3) is 3.30. The van der Waals surface area contributed by atoms with Crippen molar-refractivity contribution in [2.24, 2.45) is 4.99 Å². The van der Waals surface area contributed by atoms with E-state index in [-0.39, 0.29) is 11.6 Å². The van der Waals surface area contributed by atoms with Crippen molar-refractivity contribution in [1.82, 2.24) is 5.32 Å². The van der Waals surface area contributed by atoms with Gasteiger partial charge in [0.15, 0.2) is 0 Å². The number of para-hydroxylation sites is 1. The smallest absolute Gasteiger partial charge is 0.201 e. The molecule has 1 rings (SSSR count). The zero-order valence-electron chi connectivity index (χ0n) is 8.52. The van der Waals surface area contributed by atoms with Gasteiger partial charge in [0, 0.05) is 7.05 Å². The molecule has 0 aromatic heterocycles. The molecule has 0 aliphatic carbocycles. The van der Waals surface area contributed by atoms with E-state index in [1.807, 2.05) is 0 Å². The molecule has 6 heteroatoms. The first kappa shape index (κ1) is 12.6. The zero-order chi connectivity index (χ0) is 12.1. The summed E-state index contributed by atoms with van der Waals surface area (Å²) >= 11 is 3.02. The van der Waals surface area contributed by atoms with Gasteiger partial charge in [-0.15, -0.1) is 0 Å². The highest BCUT2D eigenvalue weighted by molar-refractivity contribution is 9.11. The standard InChI is InChI=1S/C10H10BrF2N3/c1-6(11)15-10(14-2)16-9-7(12)4-3-5-8(9)13/h3-5H,1H2,2H3,(H2,14,15,16). The number of hydrogen-bond donors (Lipinski definition) is 2. The maximum Gasteiger partial charge on any atom is 0.201 e. The lowest BCUT2D eigenvalue weighted by molar-refractivity contribution is 0.591. The molecule has 0 unspecified atom stereocenters. The van der Waals surface area contributed by atoms with Crippen molar-refractivity contribution < 1.29 is 8.78 Å². The van der Waals surface area contributed by atoms with E-state index < -0.39 is 11.6 Å². The number of guanidine groups is 1. The third-order valence-corrected chi connectivity index (χ3v) is 1.85. The van der Waals surface area contributed by atoms with E-state index in [0.717, 1.165) is 12.1 Å². The minimum absolute atomic E-state index is 0.186. The summed E-state index contributed by atoms with van der Waals surface area (Å²) in [6.45, 7) is 3.49. The Hall–Kier alpha value is -1.43. The van der Waals surface area contributed by atoms with E-state index in [1.165, 1.54) is 6.07 Å². The molecule has 16 heavy (non-hydrogen) atoms. The maximum atomic E-state index is 13.3. The zero-order valence-corrected chi connectivity index (χ0v) is 10.1. The Morgan fingerprint density at radius 2 is 1.94 bits per heavy atom. The van der Waals surface area contributed by atoms with E-state index in [2.05, 4.69) is 38.1 Å². The highest BCUT2D eigenvalue weighted by atomic mass is 79.9. The van der Waals surface area contributed by atoms with Crippen molar-refractivity contribution in [3.63, 3.8) is 0 Å². The number of aliphatic imine (C=N–C) groups is 1. The highest BCUT2D eigenvalue weighted by Gasteiger charge is 2.09. The lowest BCUT2D eigenvalue weighted by Gasteiger charge is -2.10. The number of nitrogens with zero attached hydrogens (tertiary/aromatic N) is 1. The largest absolute Gasteiger partial charge is 0.359 e. The predicted molar refractivity (Wildman–Crippen MR) is 64.5 cm³/mol. The Bertz CT molecular complexity index is 412. The molecule has 0 spiro atoms. The Labute approximate surface area is 100 Å². The Kier molecular flexibility index (Phi) is 4.42. The molecule has 0 saturated heterocycles. The molecule has 0 fully saturated rings. The number of rotatable bonds is 2. The molecule has 1 aromatic rings. The average Bonchev–Trinajstić information content (AvgIpc) is 2.21. The molecule has 86 valence electrons. The van der Waals surface area contributed by atoms with Crippen LogP contribution in [0.3, 0.4) is 0 Å². The van der Waals surface area contributed by atoms with Crippen molar-refractivity contribution in [1.29, 1.82) is 0 Å². The van der Waals surface area contributed by atoms with Gasteiger partial charge < -0.3 is 10.6 Å². The summed E-state index contributed by atoms with van der Waals surface area (Å²) in [4.78, 5) is 3.86. The quantitative estimate of drug-likeness (QED) is 0.499. The number of benzene rings is 1. The summed E-state index contributed by atoms with van der Waals surface area (Å²) in [6.07, 6.45) is 0. The monoisotopic (exact) mass is 289 g/mol. The van der Waals surface area contributed by atoms with Crippen LogP contribution in [0.15, 0.2) is 34.4 Å². The van der Waals surface area contributed by atoms with Crippen LogP contribution in [0.5, 0.6) is 0 Å². The number of anilines is 1. The van der Waals surface area contributed by atoms with Crippen LogP contribution in [0.4, 0.5) is 14.5 Å². The van der Waals surface area contributed by atoms with Crippen molar-refractivity contribution in [3.8, 4) is 0 Å². The predicted octanol–water partition coefficient (Wildman–Crippen LogP) is 2.82. The summed E-state index contributed by atoms with van der Waals surface area (Å²) in [5, 5.41) is 5.15. The van der Waals surface area contributed by atoms with Gasteiger partial charge in [0.05, 0.1) is 0 Å². The molecule has 0 radical (unpaired) electrons. The molecule has 0 bridgehead atoms. The molecule has 0 atom stereocenters. The summed E-state index contributed by atoms with van der Waals surface area (Å²) in [6, 6.07) is 3.60. The lowest BCUT2D eigenvalue weighted by atomic mass is 10.3. The topological polar surface area (TPSA) is 36.4 Å². The van der Waals surface area contributed by atoms with Crippen molar-refractivity contribution in [3.05, 3.63) is 41.0 Å². The average molecular weight is 290 g/mol. The molecular formula is C10H10BrF2N3. The van der Waals surface area contributed by atoms with Gasteiger partial charge >= 0.3 is 0 Å². The fraction of sp³-hybridized carbons (Fsp3) is 0.100. The van der Waals surface area contributed by atoms with Crippen LogP contribution in [0.2, 0.25) is 0 Å². The van der Waals surface area contributed by atoms with Gasteiger partial charge in [0.1, 0.15) is 21.9 Å². The molecule has 1 aromatic carbocycles. The van der Waals surface area contributed by atoms with Gasteiger partial charge in [0.25, 0.3) is 0 Å². The Morgan fingerprint density at radius 1 is 1.38 bits per heavy atom. The Morgan fingerprint density at radius 3 is 2.38 bits per heavy atom. The van der Waals surface area contributed by atoms with Gasteiger partial charge in [-0.25, -0.2) is 13.8 Å². The van der Waals surface area contributed by atoms with Crippen molar-refractivity contribution >= 4 is 27.6 Å². The number of nitrogens with one attached hydrogen (secondary N) is 2. The minimum atomic E-state index is -0.692. The highest BCUT2D eigenvalue weighted by Crippen LogP contribution is 2.18. The molecule has 0 aliphatic heterocycles. The lowest BCUT2D eigenvalue weighted by Crippen LogP contribution is -2.27. The van der Waals surface area contributed by atoms with Gasteiger partial charge in [-0.05, 0) is 28.1 Å². The molecule has 2 N–H and O–H groups in total. The normalized spacial score (nSPS) is 11.1. The summed E-state index contributed by atoms with van der Waals surface area (Å²) in [5.74, 6) is -1.20. The van der Waals surface area contributed by atoms with Crippen molar-refractivity contribution in [2.45, 2.75) is 0 Å². The van der Waals surface area contributed by atoms with E-state index in [0.29, 0.717) is 4.61 Å². The van der Waals surface area contributed by atoms with Gasteiger partial charge in [-0.2, -0.15) is 0 Å². The third-order valence-electron chi connectivity index (χ3n) is 1.68. The summed E-state index contributed by atoms with van der Waals surface area (Å²) in [5.41, 5.74) is -0.260. The minimum Gasteiger partial charge on any atom is -0.359 e. The van der Waals surface area contributed by atoms with Gasteiger partial charge in [0.2, 0.25) is 5.96 Å². The van der Waals surface area contributed by atoms with Crippen LogP contribution >= 0.6 is 15.9 Å². The molecule has 0 saturated carbocycles. The first-order valence-corrected chi connectivity index (χ1v) is 5.15. The second-order valence-electron chi connectivity index (χ2n) is 2.81. The van der Waals surface area contributed by atoms with Crippen LogP contribution in [0.1, 0.15) is 0 Å². The first-order chi connectivity index (χ1) is 7.54. The molecule has 0 aliphatic rings. The van der Waals surface area contributed by atoms with E-state index in [4.69, 9.17) is 0 Å².